The van der Waals surface area contributed by atoms with Crippen molar-refractivity contribution < 1.29 is 4.92 Å². The number of hydrogen-bond donors (Lipinski definition) is 2. The summed E-state index contributed by atoms with van der Waals surface area (Å²) < 4.78 is 0. The Morgan fingerprint density at radius 1 is 1.35 bits per heavy atom. The number of benzene rings is 1. The third kappa shape index (κ3) is 2.27. The molecule has 3 N–H and O–H groups in total. The lowest BCUT2D eigenvalue weighted by molar-refractivity contribution is -0.385. The first kappa shape index (κ1) is 12.4. The molecule has 6 heteroatoms. The molecule has 1 aliphatic rings. The zero-order valence-corrected chi connectivity index (χ0v) is 10.7. The van der Waals surface area contributed by atoms with Crippen molar-refractivity contribution in [3.05, 3.63) is 57.8 Å². The van der Waals surface area contributed by atoms with Crippen LogP contribution in [0.4, 0.5) is 17.2 Å². The summed E-state index contributed by atoms with van der Waals surface area (Å²) in [6, 6.07) is 9.18. The van der Waals surface area contributed by atoms with Gasteiger partial charge >= 0.3 is 0 Å². The highest BCUT2D eigenvalue weighted by Gasteiger charge is 2.22. The van der Waals surface area contributed by atoms with Gasteiger partial charge in [-0.3, -0.25) is 10.1 Å². The van der Waals surface area contributed by atoms with Gasteiger partial charge in [-0.05, 0) is 42.2 Å². The Labute approximate surface area is 115 Å². The first-order chi connectivity index (χ1) is 9.63. The number of nitrogen functional groups attached to an aromatic ring is 1. The zero-order chi connectivity index (χ0) is 14.1. The summed E-state index contributed by atoms with van der Waals surface area (Å²) >= 11 is 0. The predicted molar refractivity (Wildman–Crippen MR) is 76.4 cm³/mol. The van der Waals surface area contributed by atoms with Crippen molar-refractivity contribution in [1.82, 2.24) is 4.98 Å². The molecule has 0 saturated heterocycles. The number of rotatable bonds is 3. The highest BCUT2D eigenvalue weighted by molar-refractivity contribution is 5.51. The Kier molecular flexibility index (Phi) is 2.98. The minimum Gasteiger partial charge on any atom is -0.399 e. The Morgan fingerprint density at radius 3 is 2.90 bits per heavy atom. The Bertz CT molecular complexity index is 655. The third-order valence-corrected chi connectivity index (χ3v) is 3.53. The van der Waals surface area contributed by atoms with Crippen molar-refractivity contribution in [2.75, 3.05) is 11.1 Å². The number of nitrogens with zero attached hydrogens (tertiary/aromatic N) is 2. The molecule has 0 aliphatic heterocycles. The molecule has 0 saturated carbocycles. The minimum atomic E-state index is -0.454. The van der Waals surface area contributed by atoms with Gasteiger partial charge in [-0.2, -0.15) is 0 Å². The van der Waals surface area contributed by atoms with Gasteiger partial charge in [0.05, 0.1) is 11.0 Å². The first-order valence-electron chi connectivity index (χ1n) is 6.39. The van der Waals surface area contributed by atoms with E-state index >= 15 is 0 Å². The van der Waals surface area contributed by atoms with Gasteiger partial charge in [0.2, 0.25) is 0 Å². The van der Waals surface area contributed by atoms with Crippen molar-refractivity contribution >= 4 is 17.2 Å². The fourth-order valence-corrected chi connectivity index (χ4v) is 2.55. The molecule has 20 heavy (non-hydrogen) atoms. The molecule has 0 radical (unpaired) electrons. The summed E-state index contributed by atoms with van der Waals surface area (Å²) in [4.78, 5) is 14.2. The van der Waals surface area contributed by atoms with Crippen molar-refractivity contribution in [3.8, 4) is 0 Å². The van der Waals surface area contributed by atoms with Gasteiger partial charge in [-0.15, -0.1) is 0 Å². The molecule has 2 aromatic rings. The van der Waals surface area contributed by atoms with Crippen LogP contribution in [-0.4, -0.2) is 9.91 Å². The maximum absolute atomic E-state index is 10.6. The maximum atomic E-state index is 10.6. The largest absolute Gasteiger partial charge is 0.399 e. The smallest absolute Gasteiger partial charge is 0.287 e. The number of aryl methyl sites for hydroxylation is 1. The average Bonchev–Trinajstić information content (AvgIpc) is 2.81. The second-order valence-corrected chi connectivity index (χ2v) is 4.85. The second-order valence-electron chi connectivity index (χ2n) is 4.85. The van der Waals surface area contributed by atoms with Crippen LogP contribution in [0.3, 0.4) is 0 Å². The highest BCUT2D eigenvalue weighted by atomic mass is 16.6. The van der Waals surface area contributed by atoms with Crippen molar-refractivity contribution in [2.45, 2.75) is 18.9 Å². The molecule has 1 aromatic heterocycles. The lowest BCUT2D eigenvalue weighted by Gasteiger charge is -2.14. The number of nitrogens with one attached hydrogen (secondary N) is 1. The van der Waals surface area contributed by atoms with E-state index < -0.39 is 4.92 Å². The van der Waals surface area contributed by atoms with Gasteiger partial charge < -0.3 is 11.1 Å². The van der Waals surface area contributed by atoms with Crippen LogP contribution in [0.1, 0.15) is 23.6 Å². The van der Waals surface area contributed by atoms with Crippen LogP contribution in [-0.2, 0) is 6.42 Å². The number of fused-ring (bicyclic) bond motifs is 1. The van der Waals surface area contributed by atoms with Crippen molar-refractivity contribution in [2.24, 2.45) is 0 Å². The van der Waals surface area contributed by atoms with E-state index in [1.165, 1.54) is 23.4 Å². The summed E-state index contributed by atoms with van der Waals surface area (Å²) in [7, 11) is 0. The van der Waals surface area contributed by atoms with Crippen LogP contribution in [0, 0.1) is 10.1 Å². The lowest BCUT2D eigenvalue weighted by atomic mass is 10.1. The molecule has 0 spiro atoms. The molecule has 1 atom stereocenters. The van der Waals surface area contributed by atoms with E-state index in [-0.39, 0.29) is 11.7 Å². The van der Waals surface area contributed by atoms with Gasteiger partial charge in [0.15, 0.2) is 0 Å². The summed E-state index contributed by atoms with van der Waals surface area (Å²) in [6.07, 6.45) is 3.21. The monoisotopic (exact) mass is 270 g/mol. The molecule has 0 fully saturated rings. The zero-order valence-electron chi connectivity index (χ0n) is 10.7. The average molecular weight is 270 g/mol. The fourth-order valence-electron chi connectivity index (χ4n) is 2.55. The number of aromatic nitrogens is 1. The first-order valence-corrected chi connectivity index (χ1v) is 6.39. The molecule has 3 rings (SSSR count). The van der Waals surface area contributed by atoms with Crippen LogP contribution in [0.25, 0.3) is 0 Å². The van der Waals surface area contributed by atoms with Gasteiger partial charge in [0.1, 0.15) is 12.0 Å². The molecule has 0 bridgehead atoms. The van der Waals surface area contributed by atoms with Crippen molar-refractivity contribution in [3.63, 3.8) is 0 Å². The van der Waals surface area contributed by atoms with Crippen molar-refractivity contribution in [1.29, 1.82) is 0 Å². The third-order valence-electron chi connectivity index (χ3n) is 3.53. The topological polar surface area (TPSA) is 94.1 Å². The SMILES string of the molecule is Nc1ccc2c(c1)CCC2Nc1ccc([N+](=O)[O-])cn1. The Hall–Kier alpha value is -2.63. The summed E-state index contributed by atoms with van der Waals surface area (Å²) in [5, 5.41) is 13.9. The van der Waals surface area contributed by atoms with Crippen LogP contribution in [0.15, 0.2) is 36.5 Å². The lowest BCUT2D eigenvalue weighted by Crippen LogP contribution is -2.08. The standard InChI is InChI=1S/C14H14N4O2/c15-10-2-4-12-9(7-10)1-5-13(12)17-14-6-3-11(8-16-14)18(19)20/h2-4,6-8,13H,1,5,15H2,(H,16,17). The fraction of sp³-hybridized carbons (Fsp3) is 0.214. The van der Waals surface area contributed by atoms with Gasteiger partial charge in [-0.1, -0.05) is 6.07 Å². The van der Waals surface area contributed by atoms with Crippen LogP contribution in [0.2, 0.25) is 0 Å². The van der Waals surface area contributed by atoms with E-state index in [0.29, 0.717) is 5.82 Å². The van der Waals surface area contributed by atoms with Gasteiger partial charge in [0, 0.05) is 11.8 Å². The van der Waals surface area contributed by atoms with Gasteiger partial charge in [-0.25, -0.2) is 4.98 Å². The molecular formula is C14H14N4O2. The number of nitro groups is 1. The van der Waals surface area contributed by atoms with E-state index in [9.17, 15) is 10.1 Å². The predicted octanol–water partition coefficient (Wildman–Crippen LogP) is 2.67. The van der Waals surface area contributed by atoms with E-state index in [1.54, 1.807) is 6.07 Å². The number of anilines is 2. The molecular weight excluding hydrogens is 256 g/mol. The highest BCUT2D eigenvalue weighted by Crippen LogP contribution is 2.34. The van der Waals surface area contributed by atoms with Crippen LogP contribution < -0.4 is 11.1 Å². The molecule has 1 aliphatic carbocycles. The minimum absolute atomic E-state index is 0.00449. The molecule has 1 heterocycles. The Morgan fingerprint density at radius 2 is 2.20 bits per heavy atom. The normalized spacial score (nSPS) is 16.7. The number of hydrogen-bond acceptors (Lipinski definition) is 5. The Balaban J connectivity index is 1.78. The molecule has 102 valence electrons. The van der Waals surface area contributed by atoms with E-state index in [4.69, 9.17) is 5.73 Å². The van der Waals surface area contributed by atoms with Crippen LogP contribution >= 0.6 is 0 Å². The van der Waals surface area contributed by atoms with Crippen LogP contribution in [0.5, 0.6) is 0 Å². The summed E-state index contributed by atoms with van der Waals surface area (Å²) in [5.74, 6) is 0.644. The van der Waals surface area contributed by atoms with Gasteiger partial charge in [0.25, 0.3) is 5.69 Å². The number of pyridine rings is 1. The maximum Gasteiger partial charge on any atom is 0.287 e. The molecule has 0 amide bonds. The number of nitrogens with two attached hydrogens (primary N) is 1. The molecule has 6 nitrogen and oxygen atoms in total. The summed E-state index contributed by atoms with van der Waals surface area (Å²) in [6.45, 7) is 0. The second kappa shape index (κ2) is 4.80. The summed E-state index contributed by atoms with van der Waals surface area (Å²) in [5.41, 5.74) is 9.02. The van der Waals surface area contributed by atoms with E-state index in [2.05, 4.69) is 10.3 Å². The van der Waals surface area contributed by atoms with E-state index in [1.807, 2.05) is 18.2 Å². The van der Waals surface area contributed by atoms with E-state index in [0.717, 1.165) is 18.5 Å². The molecule has 1 aromatic carbocycles. The molecule has 1 unspecified atom stereocenters. The quantitative estimate of drug-likeness (QED) is 0.508.